The third-order valence-corrected chi connectivity index (χ3v) is 3.68. The summed E-state index contributed by atoms with van der Waals surface area (Å²) in [6.45, 7) is 4.17. The number of nitrogens with zero attached hydrogens (tertiary/aromatic N) is 1. The Balaban J connectivity index is 2.30. The minimum Gasteiger partial charge on any atom is -0.409 e. The lowest BCUT2D eigenvalue weighted by Crippen LogP contribution is -2.21. The van der Waals surface area contributed by atoms with E-state index in [1.807, 2.05) is 42.5 Å². The van der Waals surface area contributed by atoms with Crippen molar-refractivity contribution in [3.8, 4) is 0 Å². The van der Waals surface area contributed by atoms with Crippen molar-refractivity contribution in [3.63, 3.8) is 0 Å². The van der Waals surface area contributed by atoms with Crippen LogP contribution in [-0.4, -0.2) is 11.0 Å². The van der Waals surface area contributed by atoms with Gasteiger partial charge in [0, 0.05) is 12.1 Å². The van der Waals surface area contributed by atoms with Crippen LogP contribution >= 0.6 is 0 Å². The molecule has 2 rings (SSSR count). The second kappa shape index (κ2) is 6.79. The molecule has 21 heavy (non-hydrogen) atoms. The fraction of sp³-hybridized carbons (Fsp3) is 0.235. The predicted molar refractivity (Wildman–Crippen MR) is 86.7 cm³/mol. The van der Waals surface area contributed by atoms with Crippen LogP contribution in [0.1, 0.15) is 29.2 Å². The summed E-state index contributed by atoms with van der Waals surface area (Å²) in [7, 11) is 0. The van der Waals surface area contributed by atoms with Gasteiger partial charge in [-0.2, -0.15) is 0 Å². The lowest BCUT2D eigenvalue weighted by Gasteiger charge is -2.22. The van der Waals surface area contributed by atoms with Crippen molar-refractivity contribution in [2.75, 3.05) is 5.32 Å². The number of hydrogen-bond donors (Lipinski definition) is 3. The molecule has 4 N–H and O–H groups in total. The van der Waals surface area contributed by atoms with Gasteiger partial charge in [0.1, 0.15) is 5.84 Å². The van der Waals surface area contributed by atoms with Crippen LogP contribution in [0, 0.1) is 13.8 Å². The normalized spacial score (nSPS) is 13.0. The van der Waals surface area contributed by atoms with E-state index in [0.717, 1.165) is 11.3 Å². The van der Waals surface area contributed by atoms with Crippen LogP contribution in [-0.2, 0) is 0 Å². The summed E-state index contributed by atoms with van der Waals surface area (Å²) in [5, 5.41) is 15.4. The number of oxime groups is 1. The monoisotopic (exact) mass is 283 g/mol. The molecular weight excluding hydrogens is 262 g/mol. The van der Waals surface area contributed by atoms with Gasteiger partial charge >= 0.3 is 0 Å². The van der Waals surface area contributed by atoms with Gasteiger partial charge < -0.3 is 16.3 Å². The highest BCUT2D eigenvalue weighted by atomic mass is 16.4. The zero-order chi connectivity index (χ0) is 15.2. The van der Waals surface area contributed by atoms with E-state index in [4.69, 9.17) is 10.9 Å². The van der Waals surface area contributed by atoms with Crippen molar-refractivity contribution in [3.05, 3.63) is 65.2 Å². The van der Waals surface area contributed by atoms with Crippen LogP contribution < -0.4 is 11.1 Å². The van der Waals surface area contributed by atoms with E-state index >= 15 is 0 Å². The van der Waals surface area contributed by atoms with Crippen molar-refractivity contribution < 1.29 is 5.21 Å². The average Bonchev–Trinajstić information content (AvgIpc) is 2.51. The quantitative estimate of drug-likeness (QED) is 0.340. The number of hydrogen-bond acceptors (Lipinski definition) is 3. The van der Waals surface area contributed by atoms with Crippen LogP contribution in [0.25, 0.3) is 0 Å². The van der Waals surface area contributed by atoms with Gasteiger partial charge in [0.25, 0.3) is 0 Å². The SMILES string of the molecule is Cc1cccc(NC(CC(N)=NO)c2ccccc2)c1C. The maximum absolute atomic E-state index is 8.83. The Kier molecular flexibility index (Phi) is 4.82. The molecule has 0 fully saturated rings. The minimum absolute atomic E-state index is 0.0393. The van der Waals surface area contributed by atoms with Gasteiger partial charge in [-0.25, -0.2) is 0 Å². The fourth-order valence-corrected chi connectivity index (χ4v) is 2.28. The van der Waals surface area contributed by atoms with Crippen molar-refractivity contribution in [2.24, 2.45) is 10.9 Å². The number of aryl methyl sites for hydroxylation is 1. The van der Waals surface area contributed by atoms with Crippen molar-refractivity contribution in [1.29, 1.82) is 0 Å². The topological polar surface area (TPSA) is 70.6 Å². The second-order valence-electron chi connectivity index (χ2n) is 5.15. The summed E-state index contributed by atoms with van der Waals surface area (Å²) in [6.07, 6.45) is 0.438. The number of anilines is 1. The zero-order valence-electron chi connectivity index (χ0n) is 12.4. The molecule has 0 aliphatic heterocycles. The molecule has 2 aromatic carbocycles. The first-order valence-electron chi connectivity index (χ1n) is 6.96. The van der Waals surface area contributed by atoms with Gasteiger partial charge in [-0.1, -0.05) is 47.6 Å². The molecule has 0 amide bonds. The van der Waals surface area contributed by atoms with Crippen molar-refractivity contribution >= 4 is 11.5 Å². The van der Waals surface area contributed by atoms with E-state index < -0.39 is 0 Å². The fourth-order valence-electron chi connectivity index (χ4n) is 2.28. The van der Waals surface area contributed by atoms with Gasteiger partial charge in [0.05, 0.1) is 6.04 Å². The van der Waals surface area contributed by atoms with Crippen LogP contribution in [0.3, 0.4) is 0 Å². The maximum Gasteiger partial charge on any atom is 0.141 e. The molecular formula is C17H21N3O. The Morgan fingerprint density at radius 1 is 1.14 bits per heavy atom. The van der Waals surface area contributed by atoms with Crippen LogP contribution in [0.4, 0.5) is 5.69 Å². The van der Waals surface area contributed by atoms with E-state index in [-0.39, 0.29) is 11.9 Å². The molecule has 1 atom stereocenters. The Bertz CT molecular complexity index is 623. The first-order valence-corrected chi connectivity index (χ1v) is 6.96. The smallest absolute Gasteiger partial charge is 0.141 e. The molecule has 0 spiro atoms. The van der Waals surface area contributed by atoms with Crippen molar-refractivity contribution in [2.45, 2.75) is 26.3 Å². The van der Waals surface area contributed by atoms with E-state index in [9.17, 15) is 0 Å². The second-order valence-corrected chi connectivity index (χ2v) is 5.15. The number of rotatable bonds is 5. The Labute approximate surface area is 125 Å². The highest BCUT2D eigenvalue weighted by Crippen LogP contribution is 2.26. The summed E-state index contributed by atoms with van der Waals surface area (Å²) < 4.78 is 0. The van der Waals surface area contributed by atoms with Crippen LogP contribution in [0.5, 0.6) is 0 Å². The molecule has 2 aromatic rings. The third-order valence-electron chi connectivity index (χ3n) is 3.68. The number of amidine groups is 1. The molecule has 0 bridgehead atoms. The van der Waals surface area contributed by atoms with E-state index in [2.05, 4.69) is 30.4 Å². The number of nitrogens with one attached hydrogen (secondary N) is 1. The molecule has 4 nitrogen and oxygen atoms in total. The first-order chi connectivity index (χ1) is 10.1. The molecule has 0 saturated carbocycles. The highest BCUT2D eigenvalue weighted by Gasteiger charge is 2.14. The number of benzene rings is 2. The minimum atomic E-state index is -0.0393. The highest BCUT2D eigenvalue weighted by molar-refractivity contribution is 5.81. The van der Waals surface area contributed by atoms with Gasteiger partial charge in [-0.15, -0.1) is 0 Å². The van der Waals surface area contributed by atoms with Crippen molar-refractivity contribution in [1.82, 2.24) is 0 Å². The molecule has 0 aliphatic rings. The number of nitrogens with two attached hydrogens (primary N) is 1. The van der Waals surface area contributed by atoms with Gasteiger partial charge in [-0.05, 0) is 36.6 Å². The maximum atomic E-state index is 8.83. The average molecular weight is 283 g/mol. The van der Waals surface area contributed by atoms with E-state index in [1.54, 1.807) is 0 Å². The van der Waals surface area contributed by atoms with Crippen LogP contribution in [0.15, 0.2) is 53.7 Å². The zero-order valence-corrected chi connectivity index (χ0v) is 12.4. The standard InChI is InChI=1S/C17H21N3O/c1-12-7-6-10-15(13(12)2)19-16(11-17(18)20-21)14-8-4-3-5-9-14/h3-10,16,19,21H,11H2,1-2H3,(H2,18,20). The Morgan fingerprint density at radius 3 is 2.52 bits per heavy atom. The van der Waals surface area contributed by atoms with E-state index in [1.165, 1.54) is 11.1 Å². The summed E-state index contributed by atoms with van der Waals surface area (Å²) >= 11 is 0. The van der Waals surface area contributed by atoms with Gasteiger partial charge in [-0.3, -0.25) is 0 Å². The van der Waals surface area contributed by atoms with Gasteiger partial charge in [0.2, 0.25) is 0 Å². The first kappa shape index (κ1) is 14.9. The van der Waals surface area contributed by atoms with Crippen LogP contribution in [0.2, 0.25) is 0 Å². The molecule has 1 unspecified atom stereocenters. The Hall–Kier alpha value is -2.49. The Morgan fingerprint density at radius 2 is 1.86 bits per heavy atom. The summed E-state index contributed by atoms with van der Waals surface area (Å²) in [5.41, 5.74) is 10.3. The summed E-state index contributed by atoms with van der Waals surface area (Å²) in [4.78, 5) is 0. The molecule has 0 aromatic heterocycles. The third kappa shape index (κ3) is 3.75. The van der Waals surface area contributed by atoms with Gasteiger partial charge in [0.15, 0.2) is 0 Å². The molecule has 0 heterocycles. The molecule has 4 heteroatoms. The largest absolute Gasteiger partial charge is 0.409 e. The predicted octanol–water partition coefficient (Wildman–Crippen LogP) is 3.59. The summed E-state index contributed by atoms with van der Waals surface area (Å²) in [6, 6.07) is 16.1. The lowest BCUT2D eigenvalue weighted by molar-refractivity contribution is 0.316. The summed E-state index contributed by atoms with van der Waals surface area (Å²) in [5.74, 6) is 0.210. The molecule has 110 valence electrons. The molecule has 0 saturated heterocycles. The molecule has 0 aliphatic carbocycles. The lowest BCUT2D eigenvalue weighted by atomic mass is 10.0. The molecule has 0 radical (unpaired) electrons. The van der Waals surface area contributed by atoms with E-state index in [0.29, 0.717) is 6.42 Å².